The van der Waals surface area contributed by atoms with Crippen LogP contribution >= 0.6 is 11.6 Å². The summed E-state index contributed by atoms with van der Waals surface area (Å²) in [4.78, 5) is 14.7. The number of hydrogen-bond donors (Lipinski definition) is 1. The molecule has 2 aromatic carbocycles. The van der Waals surface area contributed by atoms with Crippen LogP contribution in [0, 0.1) is 0 Å². The smallest absolute Gasteiger partial charge is 0.254 e. The van der Waals surface area contributed by atoms with Crippen molar-refractivity contribution in [2.75, 3.05) is 32.8 Å². The Kier molecular flexibility index (Phi) is 6.93. The zero-order valence-electron chi connectivity index (χ0n) is 17.0. The third-order valence-electron chi connectivity index (χ3n) is 5.52. The van der Waals surface area contributed by atoms with Gasteiger partial charge in [0.05, 0.1) is 24.3 Å². The van der Waals surface area contributed by atoms with Gasteiger partial charge in [0.25, 0.3) is 5.91 Å². The Morgan fingerprint density at radius 3 is 2.68 bits per heavy atom. The van der Waals surface area contributed by atoms with E-state index in [0.717, 1.165) is 18.4 Å². The zero-order valence-corrected chi connectivity index (χ0v) is 18.6. The predicted molar refractivity (Wildman–Crippen MR) is 117 cm³/mol. The molecule has 166 valence electrons. The Labute approximate surface area is 187 Å². The van der Waals surface area contributed by atoms with Crippen molar-refractivity contribution in [2.24, 2.45) is 0 Å². The molecule has 2 aromatic rings. The average Bonchev–Trinajstić information content (AvgIpc) is 3.32. The molecular weight excluding hydrogens is 440 g/mol. The largest absolute Gasteiger partial charge is 0.377 e. The molecule has 0 aromatic heterocycles. The van der Waals surface area contributed by atoms with Crippen LogP contribution in [0.5, 0.6) is 0 Å². The van der Waals surface area contributed by atoms with Crippen LogP contribution in [0.4, 0.5) is 0 Å². The first kappa shape index (κ1) is 22.2. The second-order valence-corrected chi connectivity index (χ2v) is 9.80. The number of nitrogens with one attached hydrogen (secondary N) is 1. The molecule has 2 atom stereocenters. The molecule has 0 spiro atoms. The molecule has 9 heteroatoms. The highest BCUT2D eigenvalue weighted by molar-refractivity contribution is 7.89. The third-order valence-corrected chi connectivity index (χ3v) is 7.42. The molecule has 2 aliphatic heterocycles. The molecule has 1 N–H and O–H groups in total. The minimum atomic E-state index is -3.88. The van der Waals surface area contributed by atoms with Gasteiger partial charge in [0.15, 0.2) is 0 Å². The van der Waals surface area contributed by atoms with Crippen LogP contribution in [-0.4, -0.2) is 58.2 Å². The summed E-state index contributed by atoms with van der Waals surface area (Å²) in [7, 11) is -3.88. The molecule has 7 nitrogen and oxygen atoms in total. The van der Waals surface area contributed by atoms with Gasteiger partial charge in [0, 0.05) is 25.3 Å². The first-order valence-electron chi connectivity index (χ1n) is 10.3. The first-order chi connectivity index (χ1) is 14.9. The lowest BCUT2D eigenvalue weighted by atomic mass is 10.1. The second-order valence-electron chi connectivity index (χ2n) is 7.65. The quantitative estimate of drug-likeness (QED) is 0.710. The summed E-state index contributed by atoms with van der Waals surface area (Å²) in [5.41, 5.74) is 1.27. The zero-order chi connectivity index (χ0) is 21.8. The Balaban J connectivity index is 1.49. The SMILES string of the molecule is O=C(c1ccc(Cl)c(S(=O)(=O)NCC2CCCO2)c1)N1CCOC(c2ccccc2)C1. The van der Waals surface area contributed by atoms with Gasteiger partial charge in [-0.1, -0.05) is 41.9 Å². The van der Waals surface area contributed by atoms with Crippen LogP contribution in [0.2, 0.25) is 5.02 Å². The number of carbonyl (C=O) groups excluding carboxylic acids is 1. The standard InChI is InChI=1S/C22H25ClN2O5S/c23-19-9-8-17(13-21(19)31(27,28)24-14-18-7-4-11-29-18)22(26)25-10-12-30-20(15-25)16-5-2-1-3-6-16/h1-3,5-6,8-9,13,18,20,24H,4,7,10-12,14-15H2. The number of carbonyl (C=O) groups is 1. The number of amides is 1. The molecular formula is C22H25ClN2O5S. The number of sulfonamides is 1. The van der Waals surface area contributed by atoms with Crippen LogP contribution in [-0.2, 0) is 19.5 Å². The van der Waals surface area contributed by atoms with Crippen molar-refractivity contribution in [1.29, 1.82) is 0 Å². The van der Waals surface area contributed by atoms with Crippen molar-refractivity contribution in [3.63, 3.8) is 0 Å². The van der Waals surface area contributed by atoms with Gasteiger partial charge in [-0.2, -0.15) is 0 Å². The molecule has 2 aliphatic rings. The summed E-state index contributed by atoms with van der Waals surface area (Å²) in [6, 6.07) is 14.1. The van der Waals surface area contributed by atoms with Gasteiger partial charge in [-0.3, -0.25) is 4.79 Å². The summed E-state index contributed by atoms with van der Waals surface area (Å²) >= 11 is 6.17. The van der Waals surface area contributed by atoms with E-state index in [9.17, 15) is 13.2 Å². The number of rotatable bonds is 6. The van der Waals surface area contributed by atoms with Gasteiger partial charge in [0.2, 0.25) is 10.0 Å². The molecule has 1 amide bonds. The van der Waals surface area contributed by atoms with Gasteiger partial charge in [0.1, 0.15) is 11.0 Å². The fourth-order valence-electron chi connectivity index (χ4n) is 3.81. The summed E-state index contributed by atoms with van der Waals surface area (Å²) in [6.07, 6.45) is 1.37. The van der Waals surface area contributed by atoms with E-state index in [4.69, 9.17) is 21.1 Å². The van der Waals surface area contributed by atoms with Crippen LogP contribution in [0.25, 0.3) is 0 Å². The normalized spacial score (nSPS) is 21.9. The fourth-order valence-corrected chi connectivity index (χ4v) is 5.40. The lowest BCUT2D eigenvalue weighted by Gasteiger charge is -2.33. The van der Waals surface area contributed by atoms with Crippen LogP contribution < -0.4 is 4.72 Å². The topological polar surface area (TPSA) is 84.9 Å². The number of ether oxygens (including phenoxy) is 2. The number of nitrogens with zero attached hydrogens (tertiary/aromatic N) is 1. The predicted octanol–water partition coefficient (Wildman–Crippen LogP) is 3.01. The van der Waals surface area contributed by atoms with Gasteiger partial charge in [-0.15, -0.1) is 0 Å². The van der Waals surface area contributed by atoms with E-state index in [0.29, 0.717) is 26.3 Å². The fraction of sp³-hybridized carbons (Fsp3) is 0.409. The van der Waals surface area contributed by atoms with E-state index >= 15 is 0 Å². The van der Waals surface area contributed by atoms with E-state index < -0.39 is 10.0 Å². The van der Waals surface area contributed by atoms with E-state index in [2.05, 4.69) is 4.72 Å². The first-order valence-corrected chi connectivity index (χ1v) is 12.2. The maximum absolute atomic E-state index is 13.1. The highest BCUT2D eigenvalue weighted by atomic mass is 35.5. The Morgan fingerprint density at radius 1 is 1.13 bits per heavy atom. The van der Waals surface area contributed by atoms with Gasteiger partial charge in [-0.05, 0) is 36.6 Å². The lowest BCUT2D eigenvalue weighted by molar-refractivity contribution is -0.0228. The molecule has 0 radical (unpaired) electrons. The van der Waals surface area contributed by atoms with Crippen molar-refractivity contribution < 1.29 is 22.7 Å². The molecule has 2 heterocycles. The van der Waals surface area contributed by atoms with Crippen LogP contribution in [0.1, 0.15) is 34.9 Å². The highest BCUT2D eigenvalue weighted by Crippen LogP contribution is 2.26. The summed E-state index contributed by atoms with van der Waals surface area (Å²) in [5.74, 6) is -0.253. The average molecular weight is 465 g/mol. The van der Waals surface area contributed by atoms with E-state index in [1.165, 1.54) is 12.1 Å². The van der Waals surface area contributed by atoms with Crippen LogP contribution in [0.15, 0.2) is 53.4 Å². The van der Waals surface area contributed by atoms with Crippen molar-refractivity contribution >= 4 is 27.5 Å². The van der Waals surface area contributed by atoms with Crippen molar-refractivity contribution in [2.45, 2.75) is 29.9 Å². The third kappa shape index (κ3) is 5.27. The Hall–Kier alpha value is -1.97. The van der Waals surface area contributed by atoms with Crippen molar-refractivity contribution in [3.8, 4) is 0 Å². The number of halogens is 1. The van der Waals surface area contributed by atoms with Gasteiger partial charge in [-0.25, -0.2) is 13.1 Å². The Morgan fingerprint density at radius 2 is 1.94 bits per heavy atom. The van der Waals surface area contributed by atoms with Crippen LogP contribution in [0.3, 0.4) is 0 Å². The van der Waals surface area contributed by atoms with Gasteiger partial charge >= 0.3 is 0 Å². The maximum atomic E-state index is 13.1. The molecule has 0 saturated carbocycles. The number of hydrogen-bond acceptors (Lipinski definition) is 5. The van der Waals surface area contributed by atoms with Crippen molar-refractivity contribution in [3.05, 3.63) is 64.7 Å². The molecule has 2 fully saturated rings. The summed E-state index contributed by atoms with van der Waals surface area (Å²) in [5, 5.41) is 0.0699. The molecule has 2 saturated heterocycles. The lowest BCUT2D eigenvalue weighted by Crippen LogP contribution is -2.42. The molecule has 4 rings (SSSR count). The maximum Gasteiger partial charge on any atom is 0.254 e. The van der Waals surface area contributed by atoms with Crippen molar-refractivity contribution in [1.82, 2.24) is 9.62 Å². The molecule has 2 unspecified atom stereocenters. The second kappa shape index (κ2) is 9.67. The Bertz CT molecular complexity index is 1030. The van der Waals surface area contributed by atoms with Gasteiger partial charge < -0.3 is 14.4 Å². The molecule has 31 heavy (non-hydrogen) atoms. The van der Waals surface area contributed by atoms with E-state index in [-0.39, 0.29) is 40.1 Å². The summed E-state index contributed by atoms with van der Waals surface area (Å²) in [6.45, 7) is 2.06. The minimum Gasteiger partial charge on any atom is -0.377 e. The number of benzene rings is 2. The molecule has 0 aliphatic carbocycles. The molecule has 0 bridgehead atoms. The number of morpholine rings is 1. The van der Waals surface area contributed by atoms with E-state index in [1.54, 1.807) is 11.0 Å². The minimum absolute atomic E-state index is 0.0699. The van der Waals surface area contributed by atoms with E-state index in [1.807, 2.05) is 30.3 Å². The highest BCUT2D eigenvalue weighted by Gasteiger charge is 2.28. The monoisotopic (exact) mass is 464 g/mol. The summed E-state index contributed by atoms with van der Waals surface area (Å²) < 4.78 is 39.4.